The van der Waals surface area contributed by atoms with E-state index in [0.717, 1.165) is 53.8 Å². The number of guanidine groups is 1. The van der Waals surface area contributed by atoms with Gasteiger partial charge in [-0.15, -0.1) is 24.0 Å². The topological polar surface area (TPSA) is 64.1 Å². The van der Waals surface area contributed by atoms with E-state index in [1.54, 1.807) is 14.2 Å². The van der Waals surface area contributed by atoms with Crippen LogP contribution in [0, 0.1) is 19.8 Å². The first kappa shape index (κ1) is 25.3. The van der Waals surface area contributed by atoms with Gasteiger partial charge in [0.25, 0.3) is 0 Å². The van der Waals surface area contributed by atoms with Crippen molar-refractivity contribution < 1.29 is 14.2 Å². The summed E-state index contributed by atoms with van der Waals surface area (Å²) in [4.78, 5) is 4.34. The molecule has 31 heavy (non-hydrogen) atoms. The van der Waals surface area contributed by atoms with E-state index < -0.39 is 0 Å². The predicted molar refractivity (Wildman–Crippen MR) is 136 cm³/mol. The molecule has 6 nitrogen and oxygen atoms in total. The maximum atomic E-state index is 6.14. The lowest BCUT2D eigenvalue weighted by Crippen LogP contribution is -2.36. The second-order valence-electron chi connectivity index (χ2n) is 7.74. The molecule has 1 atom stereocenters. The first-order valence-electron chi connectivity index (χ1n) is 10.5. The number of halogens is 1. The molecule has 0 amide bonds. The van der Waals surface area contributed by atoms with Gasteiger partial charge in [-0.3, -0.25) is 4.99 Å². The Bertz CT molecular complexity index is 867. The van der Waals surface area contributed by atoms with Crippen LogP contribution in [0.4, 0.5) is 0 Å². The Morgan fingerprint density at radius 3 is 2.61 bits per heavy atom. The molecule has 1 aliphatic heterocycles. The molecule has 0 radical (unpaired) electrons. The van der Waals surface area contributed by atoms with Gasteiger partial charge in [0.1, 0.15) is 11.5 Å². The van der Waals surface area contributed by atoms with Gasteiger partial charge in [0.05, 0.1) is 20.3 Å². The zero-order valence-corrected chi connectivity index (χ0v) is 21.2. The Balaban J connectivity index is 0.00000341. The van der Waals surface area contributed by atoms with Gasteiger partial charge in [-0.1, -0.05) is 24.3 Å². The highest BCUT2D eigenvalue weighted by Crippen LogP contribution is 2.23. The molecule has 0 spiro atoms. The molecule has 1 saturated heterocycles. The van der Waals surface area contributed by atoms with E-state index >= 15 is 0 Å². The minimum absolute atomic E-state index is 0. The van der Waals surface area contributed by atoms with Crippen LogP contribution in [0.3, 0.4) is 0 Å². The molecule has 3 rings (SSSR count). The first-order valence-corrected chi connectivity index (χ1v) is 10.5. The van der Waals surface area contributed by atoms with Crippen LogP contribution in [0.2, 0.25) is 0 Å². The van der Waals surface area contributed by atoms with E-state index in [2.05, 4.69) is 52.9 Å². The van der Waals surface area contributed by atoms with Crippen molar-refractivity contribution in [1.82, 2.24) is 10.6 Å². The lowest BCUT2D eigenvalue weighted by Gasteiger charge is -2.17. The molecule has 2 aromatic rings. The molecule has 0 saturated carbocycles. The largest absolute Gasteiger partial charge is 0.496 e. The molecule has 0 aromatic heterocycles. The second-order valence-corrected chi connectivity index (χ2v) is 7.74. The summed E-state index contributed by atoms with van der Waals surface area (Å²) in [6, 6.07) is 12.5. The van der Waals surface area contributed by atoms with Gasteiger partial charge in [0, 0.05) is 38.2 Å². The highest BCUT2D eigenvalue weighted by Gasteiger charge is 2.17. The van der Waals surface area contributed by atoms with Crippen LogP contribution in [-0.4, -0.2) is 39.9 Å². The van der Waals surface area contributed by atoms with Crippen molar-refractivity contribution >= 4 is 29.9 Å². The summed E-state index contributed by atoms with van der Waals surface area (Å²) in [6.45, 7) is 7.74. The predicted octanol–water partition coefficient (Wildman–Crippen LogP) is 4.21. The number of hydrogen-bond acceptors (Lipinski definition) is 4. The van der Waals surface area contributed by atoms with Crippen molar-refractivity contribution in [3.63, 3.8) is 0 Å². The smallest absolute Gasteiger partial charge is 0.191 e. The fourth-order valence-electron chi connectivity index (χ4n) is 3.42. The molecular weight excluding hydrogens is 505 g/mol. The Morgan fingerprint density at radius 2 is 1.90 bits per heavy atom. The SMILES string of the molecule is CN=C(NCc1ccc(C)c(OC)c1)NCc1ccc(C)cc1OCC1CCOC1.I. The van der Waals surface area contributed by atoms with E-state index in [9.17, 15) is 0 Å². The maximum absolute atomic E-state index is 6.14. The van der Waals surface area contributed by atoms with Crippen molar-refractivity contribution in [1.29, 1.82) is 0 Å². The molecule has 1 unspecified atom stereocenters. The molecule has 0 bridgehead atoms. The molecule has 0 aliphatic carbocycles. The highest BCUT2D eigenvalue weighted by molar-refractivity contribution is 14.0. The van der Waals surface area contributed by atoms with E-state index in [-0.39, 0.29) is 24.0 Å². The van der Waals surface area contributed by atoms with Gasteiger partial charge in [0.15, 0.2) is 5.96 Å². The summed E-state index contributed by atoms with van der Waals surface area (Å²) < 4.78 is 17.0. The zero-order valence-electron chi connectivity index (χ0n) is 18.9. The fraction of sp³-hybridized carbons (Fsp3) is 0.458. The van der Waals surface area contributed by atoms with Crippen LogP contribution in [0.15, 0.2) is 41.4 Å². The number of aliphatic imine (C=N–C) groups is 1. The van der Waals surface area contributed by atoms with Crippen LogP contribution < -0.4 is 20.1 Å². The van der Waals surface area contributed by atoms with Crippen molar-refractivity contribution in [3.05, 3.63) is 58.7 Å². The third kappa shape index (κ3) is 7.57. The second kappa shape index (κ2) is 12.8. The van der Waals surface area contributed by atoms with Crippen LogP contribution in [-0.2, 0) is 17.8 Å². The Morgan fingerprint density at radius 1 is 1.10 bits per heavy atom. The molecule has 2 aromatic carbocycles. The van der Waals surface area contributed by atoms with Gasteiger partial charge in [-0.05, 0) is 49.1 Å². The quantitative estimate of drug-likeness (QED) is 0.299. The van der Waals surface area contributed by atoms with E-state index in [1.165, 1.54) is 5.56 Å². The van der Waals surface area contributed by atoms with Crippen molar-refractivity contribution in [2.45, 2.75) is 33.4 Å². The normalized spacial score (nSPS) is 15.9. The molecule has 170 valence electrons. The summed E-state index contributed by atoms with van der Waals surface area (Å²) in [6.07, 6.45) is 1.07. The number of methoxy groups -OCH3 is 1. The zero-order chi connectivity index (χ0) is 21.3. The van der Waals surface area contributed by atoms with Gasteiger partial charge < -0.3 is 24.8 Å². The third-order valence-electron chi connectivity index (χ3n) is 5.32. The number of hydrogen-bond donors (Lipinski definition) is 2. The number of benzene rings is 2. The summed E-state index contributed by atoms with van der Waals surface area (Å²) >= 11 is 0. The monoisotopic (exact) mass is 539 g/mol. The van der Waals surface area contributed by atoms with E-state index in [4.69, 9.17) is 14.2 Å². The molecule has 1 heterocycles. The van der Waals surface area contributed by atoms with E-state index in [1.807, 2.05) is 13.0 Å². The molecule has 7 heteroatoms. The number of ether oxygens (including phenoxy) is 3. The average molecular weight is 539 g/mol. The van der Waals surface area contributed by atoms with Crippen molar-refractivity contribution in [2.24, 2.45) is 10.9 Å². The Kier molecular flexibility index (Phi) is 10.4. The van der Waals surface area contributed by atoms with Gasteiger partial charge >= 0.3 is 0 Å². The van der Waals surface area contributed by atoms with Crippen molar-refractivity contribution in [2.75, 3.05) is 34.0 Å². The van der Waals surface area contributed by atoms with Gasteiger partial charge in [-0.2, -0.15) is 0 Å². The van der Waals surface area contributed by atoms with E-state index in [0.29, 0.717) is 25.6 Å². The minimum atomic E-state index is 0. The summed E-state index contributed by atoms with van der Waals surface area (Å²) in [5.41, 5.74) is 4.56. The number of nitrogens with zero attached hydrogens (tertiary/aromatic N) is 1. The van der Waals surface area contributed by atoms with Crippen LogP contribution in [0.5, 0.6) is 11.5 Å². The Labute approximate surface area is 202 Å². The van der Waals surface area contributed by atoms with Gasteiger partial charge in [-0.25, -0.2) is 0 Å². The standard InChI is InChI=1S/C24H33N3O3.HI/c1-17-5-8-21(23(11-17)30-16-20-9-10-29-15-20)14-27-24(25-3)26-13-19-7-6-18(2)22(12-19)28-4;/h5-8,11-12,20H,9-10,13-16H2,1-4H3,(H2,25,26,27);1H. The average Bonchev–Trinajstić information content (AvgIpc) is 3.28. The van der Waals surface area contributed by atoms with Crippen LogP contribution >= 0.6 is 24.0 Å². The summed E-state index contributed by atoms with van der Waals surface area (Å²) in [5, 5.41) is 6.75. The third-order valence-corrected chi connectivity index (χ3v) is 5.32. The minimum Gasteiger partial charge on any atom is -0.496 e. The molecular formula is C24H34IN3O3. The van der Waals surface area contributed by atoms with Crippen LogP contribution in [0.1, 0.15) is 28.7 Å². The highest BCUT2D eigenvalue weighted by atomic mass is 127. The number of nitrogens with one attached hydrogen (secondary N) is 2. The molecule has 2 N–H and O–H groups in total. The summed E-state index contributed by atoms with van der Waals surface area (Å²) in [7, 11) is 3.47. The lowest BCUT2D eigenvalue weighted by molar-refractivity contribution is 0.166. The Hall–Kier alpha value is -2.00. The fourth-order valence-corrected chi connectivity index (χ4v) is 3.42. The van der Waals surface area contributed by atoms with Crippen LogP contribution in [0.25, 0.3) is 0 Å². The van der Waals surface area contributed by atoms with Gasteiger partial charge in [0.2, 0.25) is 0 Å². The lowest BCUT2D eigenvalue weighted by atomic mass is 10.1. The van der Waals surface area contributed by atoms with Crippen molar-refractivity contribution in [3.8, 4) is 11.5 Å². The molecule has 1 fully saturated rings. The summed E-state index contributed by atoms with van der Waals surface area (Å²) in [5.74, 6) is 3.04. The first-order chi connectivity index (χ1) is 14.6. The maximum Gasteiger partial charge on any atom is 0.191 e. The molecule has 1 aliphatic rings. The number of aryl methyl sites for hydroxylation is 2. The number of rotatable bonds is 8.